The lowest BCUT2D eigenvalue weighted by Gasteiger charge is -2.11. The molecule has 172 valence electrons. The molecule has 0 unspecified atom stereocenters. The Morgan fingerprint density at radius 3 is 2.45 bits per heavy atom. The molecule has 1 aromatic heterocycles. The molecule has 0 aliphatic carbocycles. The highest BCUT2D eigenvalue weighted by atomic mass is 35.5. The summed E-state index contributed by atoms with van der Waals surface area (Å²) in [7, 11) is 3.65. The van der Waals surface area contributed by atoms with Crippen molar-refractivity contribution in [1.82, 2.24) is 10.2 Å². The summed E-state index contributed by atoms with van der Waals surface area (Å²) in [6.45, 7) is 2.40. The summed E-state index contributed by atoms with van der Waals surface area (Å²) in [5.41, 5.74) is 2.66. The average molecular weight is 485 g/mol. The van der Waals surface area contributed by atoms with Gasteiger partial charge in [-0.15, -0.1) is 11.3 Å². The van der Waals surface area contributed by atoms with E-state index in [1.807, 2.05) is 39.2 Å². The average Bonchev–Trinajstić information content (AvgIpc) is 3.12. The van der Waals surface area contributed by atoms with Crippen molar-refractivity contribution < 1.29 is 14.4 Å². The third-order valence-electron chi connectivity index (χ3n) is 4.60. The van der Waals surface area contributed by atoms with Crippen molar-refractivity contribution in [3.8, 4) is 0 Å². The summed E-state index contributed by atoms with van der Waals surface area (Å²) >= 11 is 7.29. The summed E-state index contributed by atoms with van der Waals surface area (Å²) in [6.07, 6.45) is 0. The second kappa shape index (κ2) is 11.1. The van der Waals surface area contributed by atoms with Gasteiger partial charge in [0.15, 0.2) is 0 Å². The van der Waals surface area contributed by atoms with Crippen LogP contribution >= 0.6 is 22.9 Å². The van der Waals surface area contributed by atoms with Crippen LogP contribution in [0.4, 0.5) is 10.7 Å². The van der Waals surface area contributed by atoms with E-state index in [1.54, 1.807) is 41.3 Å². The number of nitrogens with zero attached hydrogens (tertiary/aromatic N) is 1. The second-order valence-corrected chi connectivity index (χ2v) is 9.19. The fourth-order valence-electron chi connectivity index (χ4n) is 3.10. The van der Waals surface area contributed by atoms with Crippen molar-refractivity contribution in [2.75, 3.05) is 31.3 Å². The highest BCUT2D eigenvalue weighted by Crippen LogP contribution is 2.28. The predicted octanol–water partition coefficient (Wildman–Crippen LogP) is 4.39. The minimum atomic E-state index is -0.332. The van der Waals surface area contributed by atoms with Gasteiger partial charge in [-0.1, -0.05) is 35.9 Å². The topological polar surface area (TPSA) is 90.5 Å². The number of thiophene rings is 1. The monoisotopic (exact) mass is 484 g/mol. The molecule has 3 rings (SSSR count). The van der Waals surface area contributed by atoms with Gasteiger partial charge in [-0.05, 0) is 62.5 Å². The summed E-state index contributed by atoms with van der Waals surface area (Å²) in [4.78, 5) is 39.5. The van der Waals surface area contributed by atoms with Crippen LogP contribution in [0.5, 0.6) is 0 Å². The molecule has 0 fully saturated rings. The van der Waals surface area contributed by atoms with Gasteiger partial charge in [0.25, 0.3) is 11.8 Å². The molecule has 3 aromatic rings. The molecule has 1 heterocycles. The number of hydrogen-bond acceptors (Lipinski definition) is 5. The van der Waals surface area contributed by atoms with Gasteiger partial charge in [0.2, 0.25) is 5.91 Å². The Labute approximate surface area is 201 Å². The maximum Gasteiger partial charge on any atom is 0.261 e. The van der Waals surface area contributed by atoms with Gasteiger partial charge in [0, 0.05) is 12.2 Å². The van der Waals surface area contributed by atoms with E-state index in [2.05, 4.69) is 16.0 Å². The molecule has 9 heteroatoms. The third-order valence-corrected chi connectivity index (χ3v) is 6.08. The molecule has 0 bridgehead atoms. The molecule has 0 atom stereocenters. The van der Waals surface area contributed by atoms with E-state index in [9.17, 15) is 14.4 Å². The normalized spacial score (nSPS) is 10.7. The van der Waals surface area contributed by atoms with E-state index in [4.69, 9.17) is 11.6 Å². The zero-order valence-electron chi connectivity index (χ0n) is 18.6. The molecule has 0 aliphatic rings. The van der Waals surface area contributed by atoms with Crippen LogP contribution in [0.3, 0.4) is 0 Å². The van der Waals surface area contributed by atoms with Gasteiger partial charge < -0.3 is 20.9 Å². The van der Waals surface area contributed by atoms with Crippen molar-refractivity contribution in [3.63, 3.8) is 0 Å². The fraction of sp³-hybridized carbons (Fsp3) is 0.208. The van der Waals surface area contributed by atoms with Crippen molar-refractivity contribution >= 4 is 51.3 Å². The quantitative estimate of drug-likeness (QED) is 0.442. The Hall–Kier alpha value is -3.20. The van der Waals surface area contributed by atoms with E-state index >= 15 is 0 Å². The van der Waals surface area contributed by atoms with Crippen molar-refractivity contribution in [1.29, 1.82) is 0 Å². The SMILES string of the molecule is Cc1cc(NC(=O)c2ccccc2Cl)sc1C(=O)NCc1cccc(NC(=O)CN(C)C)c1. The fourth-order valence-corrected chi connectivity index (χ4v) is 4.31. The highest BCUT2D eigenvalue weighted by molar-refractivity contribution is 7.18. The highest BCUT2D eigenvalue weighted by Gasteiger charge is 2.16. The van der Waals surface area contributed by atoms with Crippen LogP contribution in [-0.4, -0.2) is 43.3 Å². The van der Waals surface area contributed by atoms with Crippen LogP contribution in [0.1, 0.15) is 31.2 Å². The van der Waals surface area contributed by atoms with E-state index in [0.29, 0.717) is 32.7 Å². The lowest BCUT2D eigenvalue weighted by atomic mass is 10.2. The molecule has 0 saturated heterocycles. The molecular weight excluding hydrogens is 460 g/mol. The van der Waals surface area contributed by atoms with Crippen molar-refractivity contribution in [2.45, 2.75) is 13.5 Å². The molecule has 0 aliphatic heterocycles. The standard InChI is InChI=1S/C24H25ClN4O3S/c1-15-11-21(28-23(31)18-9-4-5-10-19(18)25)33-22(15)24(32)26-13-16-7-6-8-17(12-16)27-20(30)14-29(2)3/h4-12H,13-14H2,1-3H3,(H,26,32)(H,27,30)(H,28,31). The van der Waals surface area contributed by atoms with Crippen LogP contribution in [0, 0.1) is 6.92 Å². The maximum absolute atomic E-state index is 12.7. The first-order valence-corrected chi connectivity index (χ1v) is 11.4. The minimum Gasteiger partial charge on any atom is -0.347 e. The first-order chi connectivity index (χ1) is 15.7. The molecular formula is C24H25ClN4O3S. The number of benzene rings is 2. The van der Waals surface area contributed by atoms with Gasteiger partial charge >= 0.3 is 0 Å². The number of aryl methyl sites for hydroxylation is 1. The Bertz CT molecular complexity index is 1180. The van der Waals surface area contributed by atoms with E-state index in [1.165, 1.54) is 11.3 Å². The van der Waals surface area contributed by atoms with E-state index in [0.717, 1.165) is 11.1 Å². The van der Waals surface area contributed by atoms with Crippen LogP contribution in [0.25, 0.3) is 0 Å². The molecule has 33 heavy (non-hydrogen) atoms. The number of anilines is 2. The Morgan fingerprint density at radius 1 is 0.970 bits per heavy atom. The number of amides is 3. The summed E-state index contributed by atoms with van der Waals surface area (Å²) in [6, 6.07) is 15.9. The number of rotatable bonds is 8. The Morgan fingerprint density at radius 2 is 1.73 bits per heavy atom. The summed E-state index contributed by atoms with van der Waals surface area (Å²) in [5.74, 6) is -0.679. The lowest BCUT2D eigenvalue weighted by Crippen LogP contribution is -2.27. The molecule has 0 saturated carbocycles. The zero-order valence-corrected chi connectivity index (χ0v) is 20.1. The van der Waals surface area contributed by atoms with Crippen LogP contribution < -0.4 is 16.0 Å². The number of nitrogens with one attached hydrogen (secondary N) is 3. The number of hydrogen-bond donors (Lipinski definition) is 3. The zero-order chi connectivity index (χ0) is 24.0. The molecule has 7 nitrogen and oxygen atoms in total. The van der Waals surface area contributed by atoms with Crippen molar-refractivity contribution in [3.05, 3.63) is 81.2 Å². The number of carbonyl (C=O) groups is 3. The largest absolute Gasteiger partial charge is 0.347 e. The second-order valence-electron chi connectivity index (χ2n) is 7.73. The van der Waals surface area contributed by atoms with E-state index in [-0.39, 0.29) is 24.3 Å². The Kier molecular flexibility index (Phi) is 8.21. The molecule has 3 amide bonds. The van der Waals surface area contributed by atoms with Gasteiger partial charge in [0.05, 0.1) is 27.0 Å². The van der Waals surface area contributed by atoms with Crippen LogP contribution in [0.2, 0.25) is 5.02 Å². The van der Waals surface area contributed by atoms with Crippen LogP contribution in [0.15, 0.2) is 54.6 Å². The molecule has 3 N–H and O–H groups in total. The first kappa shape index (κ1) is 24.4. The van der Waals surface area contributed by atoms with Gasteiger partial charge in [0.1, 0.15) is 0 Å². The molecule has 0 spiro atoms. The van der Waals surface area contributed by atoms with Gasteiger partial charge in [-0.25, -0.2) is 0 Å². The Balaban J connectivity index is 1.61. The predicted molar refractivity (Wildman–Crippen MR) is 133 cm³/mol. The number of carbonyl (C=O) groups excluding carboxylic acids is 3. The van der Waals surface area contributed by atoms with Gasteiger partial charge in [-0.3, -0.25) is 14.4 Å². The van der Waals surface area contributed by atoms with E-state index < -0.39 is 0 Å². The number of likely N-dealkylation sites (N-methyl/N-ethyl adjacent to an activating group) is 1. The molecule has 2 aromatic carbocycles. The summed E-state index contributed by atoms with van der Waals surface area (Å²) in [5, 5.41) is 9.46. The summed E-state index contributed by atoms with van der Waals surface area (Å²) < 4.78 is 0. The smallest absolute Gasteiger partial charge is 0.261 e. The third kappa shape index (κ3) is 6.89. The van der Waals surface area contributed by atoms with Crippen LogP contribution in [-0.2, 0) is 11.3 Å². The van der Waals surface area contributed by atoms with Gasteiger partial charge in [-0.2, -0.15) is 0 Å². The lowest BCUT2D eigenvalue weighted by molar-refractivity contribution is -0.116. The number of halogens is 1. The van der Waals surface area contributed by atoms with Crippen molar-refractivity contribution in [2.24, 2.45) is 0 Å². The first-order valence-electron chi connectivity index (χ1n) is 10.2. The maximum atomic E-state index is 12.7. The minimum absolute atomic E-state index is 0.109. The molecule has 0 radical (unpaired) electrons.